The Morgan fingerprint density at radius 3 is 3.00 bits per heavy atom. The number of nitrogens with one attached hydrogen (secondary N) is 1. The molecule has 22 heavy (non-hydrogen) atoms. The third-order valence-corrected chi connectivity index (χ3v) is 2.86. The third-order valence-electron chi connectivity index (χ3n) is 2.86. The molecule has 0 aromatic carbocycles. The van der Waals surface area contributed by atoms with E-state index in [-0.39, 0.29) is 5.88 Å². The van der Waals surface area contributed by atoms with Crippen molar-refractivity contribution in [3.63, 3.8) is 0 Å². The highest BCUT2D eigenvalue weighted by atomic mass is 16.6. The van der Waals surface area contributed by atoms with Crippen LogP contribution < -0.4 is 10.1 Å². The lowest BCUT2D eigenvalue weighted by atomic mass is 10.2. The lowest BCUT2D eigenvalue weighted by molar-refractivity contribution is 0.196. The number of amides is 1. The highest BCUT2D eigenvalue weighted by Crippen LogP contribution is 2.23. The second-order valence-electron chi connectivity index (χ2n) is 4.43. The number of carbonyl (C=O) groups excluding carboxylic acids is 1. The summed E-state index contributed by atoms with van der Waals surface area (Å²) in [5.74, 6) is 0.979. The van der Waals surface area contributed by atoms with Gasteiger partial charge in [-0.1, -0.05) is 6.07 Å². The molecule has 7 nitrogen and oxygen atoms in total. The minimum absolute atomic E-state index is 0.0743. The van der Waals surface area contributed by atoms with Crippen molar-refractivity contribution in [2.24, 2.45) is 0 Å². The average molecular weight is 299 g/mol. The maximum atomic E-state index is 11.6. The predicted octanol–water partition coefficient (Wildman–Crippen LogP) is 2.66. The van der Waals surface area contributed by atoms with Gasteiger partial charge in [0, 0.05) is 18.9 Å². The molecule has 0 saturated heterocycles. The number of carbonyl (C=O) groups is 1. The second kappa shape index (κ2) is 6.57. The van der Waals surface area contributed by atoms with Crippen LogP contribution in [0.15, 0.2) is 57.9 Å². The van der Waals surface area contributed by atoms with Gasteiger partial charge in [-0.3, -0.25) is 4.98 Å². The van der Waals surface area contributed by atoms with Crippen LogP contribution in [0.2, 0.25) is 0 Å². The van der Waals surface area contributed by atoms with Gasteiger partial charge in [-0.15, -0.1) is 0 Å². The zero-order valence-electron chi connectivity index (χ0n) is 11.6. The summed E-state index contributed by atoms with van der Waals surface area (Å²) in [5.41, 5.74) is 1.03. The number of nitrogens with zero attached hydrogens (tertiary/aromatic N) is 2. The molecule has 1 N–H and O–H groups in total. The number of aromatic nitrogens is 2. The molecule has 0 aliphatic carbocycles. The van der Waals surface area contributed by atoms with Gasteiger partial charge in [-0.25, -0.2) is 4.79 Å². The van der Waals surface area contributed by atoms with Crippen LogP contribution in [-0.2, 0) is 6.42 Å². The second-order valence-corrected chi connectivity index (χ2v) is 4.43. The Hall–Kier alpha value is -3.09. The van der Waals surface area contributed by atoms with Crippen molar-refractivity contribution >= 4 is 6.09 Å². The quantitative estimate of drug-likeness (QED) is 0.779. The normalized spacial score (nSPS) is 10.4. The van der Waals surface area contributed by atoms with E-state index in [0.29, 0.717) is 24.5 Å². The Morgan fingerprint density at radius 2 is 2.23 bits per heavy atom. The Balaban J connectivity index is 1.48. The lowest BCUT2D eigenvalue weighted by Crippen LogP contribution is -2.28. The van der Waals surface area contributed by atoms with Crippen molar-refractivity contribution in [1.29, 1.82) is 0 Å². The fourth-order valence-corrected chi connectivity index (χ4v) is 1.83. The maximum Gasteiger partial charge on any atom is 0.414 e. The molecule has 0 unspecified atom stereocenters. The summed E-state index contributed by atoms with van der Waals surface area (Å²) in [6.07, 6.45) is 5.04. The van der Waals surface area contributed by atoms with Crippen LogP contribution in [0.1, 0.15) is 5.56 Å². The van der Waals surface area contributed by atoms with Crippen LogP contribution in [0.3, 0.4) is 0 Å². The first-order chi connectivity index (χ1) is 10.8. The fourth-order valence-electron chi connectivity index (χ4n) is 1.83. The van der Waals surface area contributed by atoms with Crippen LogP contribution in [0, 0.1) is 0 Å². The molecular weight excluding hydrogens is 286 g/mol. The Labute approximate surface area is 125 Å². The van der Waals surface area contributed by atoms with E-state index in [0.717, 1.165) is 5.56 Å². The van der Waals surface area contributed by atoms with Crippen molar-refractivity contribution in [1.82, 2.24) is 15.5 Å². The maximum absolute atomic E-state index is 11.6. The molecular formula is C15H13N3O4. The number of hydrogen-bond acceptors (Lipinski definition) is 6. The molecule has 3 aromatic rings. The topological polar surface area (TPSA) is 90.4 Å². The molecule has 0 spiro atoms. The summed E-state index contributed by atoms with van der Waals surface area (Å²) in [6, 6.07) is 8.72. The Kier molecular flexibility index (Phi) is 4.15. The zero-order chi connectivity index (χ0) is 15.2. The molecule has 0 aliphatic heterocycles. The molecule has 1 amide bonds. The largest absolute Gasteiger partial charge is 0.461 e. The smallest absolute Gasteiger partial charge is 0.414 e. The number of pyridine rings is 1. The number of ether oxygens (including phenoxy) is 1. The first-order valence-corrected chi connectivity index (χ1v) is 6.66. The van der Waals surface area contributed by atoms with Gasteiger partial charge in [0.05, 0.1) is 12.3 Å². The van der Waals surface area contributed by atoms with Gasteiger partial charge in [0.25, 0.3) is 5.88 Å². The minimum atomic E-state index is -0.594. The lowest BCUT2D eigenvalue weighted by Gasteiger charge is -2.03. The van der Waals surface area contributed by atoms with Crippen LogP contribution in [0.4, 0.5) is 4.79 Å². The van der Waals surface area contributed by atoms with E-state index in [1.54, 1.807) is 24.5 Å². The molecule has 0 radical (unpaired) electrons. The summed E-state index contributed by atoms with van der Waals surface area (Å²) in [5, 5.41) is 6.28. The molecule has 7 heteroatoms. The fraction of sp³-hybridized carbons (Fsp3) is 0.133. The summed E-state index contributed by atoms with van der Waals surface area (Å²) in [7, 11) is 0. The Bertz CT molecular complexity index is 722. The zero-order valence-corrected chi connectivity index (χ0v) is 11.6. The molecule has 3 aromatic heterocycles. The first kappa shape index (κ1) is 13.9. The van der Waals surface area contributed by atoms with Gasteiger partial charge in [-0.2, -0.15) is 0 Å². The monoisotopic (exact) mass is 299 g/mol. The molecule has 3 heterocycles. The summed E-state index contributed by atoms with van der Waals surface area (Å²) in [4.78, 5) is 15.6. The van der Waals surface area contributed by atoms with Crippen LogP contribution in [0.25, 0.3) is 11.5 Å². The Morgan fingerprint density at radius 1 is 1.27 bits per heavy atom. The van der Waals surface area contributed by atoms with E-state index in [1.165, 1.54) is 12.3 Å². The van der Waals surface area contributed by atoms with Gasteiger partial charge >= 0.3 is 6.09 Å². The molecule has 3 rings (SSSR count). The highest BCUT2D eigenvalue weighted by molar-refractivity contribution is 5.70. The first-order valence-electron chi connectivity index (χ1n) is 6.66. The van der Waals surface area contributed by atoms with Crippen molar-refractivity contribution in [3.8, 4) is 17.4 Å². The van der Waals surface area contributed by atoms with Crippen molar-refractivity contribution < 1.29 is 18.5 Å². The van der Waals surface area contributed by atoms with Crippen molar-refractivity contribution in [3.05, 3.63) is 54.6 Å². The summed E-state index contributed by atoms with van der Waals surface area (Å²) >= 11 is 0. The van der Waals surface area contributed by atoms with Crippen LogP contribution >= 0.6 is 0 Å². The number of furan rings is 1. The van der Waals surface area contributed by atoms with Crippen LogP contribution in [0.5, 0.6) is 5.88 Å². The molecule has 112 valence electrons. The number of hydrogen-bond donors (Lipinski definition) is 1. The van der Waals surface area contributed by atoms with E-state index < -0.39 is 6.09 Å². The number of rotatable bonds is 5. The molecule has 0 saturated carbocycles. The van der Waals surface area contributed by atoms with Gasteiger partial charge in [0.2, 0.25) is 5.76 Å². The average Bonchev–Trinajstić information content (AvgIpc) is 3.19. The predicted molar refractivity (Wildman–Crippen MR) is 76.2 cm³/mol. The highest BCUT2D eigenvalue weighted by Gasteiger charge is 2.12. The molecule has 0 aliphatic rings. The van der Waals surface area contributed by atoms with Gasteiger partial charge in [0.15, 0.2) is 5.76 Å². The molecule has 0 fully saturated rings. The van der Waals surface area contributed by atoms with Crippen molar-refractivity contribution in [2.75, 3.05) is 6.54 Å². The van der Waals surface area contributed by atoms with Gasteiger partial charge < -0.3 is 19.0 Å². The van der Waals surface area contributed by atoms with Gasteiger partial charge in [-0.05, 0) is 35.3 Å². The van der Waals surface area contributed by atoms with E-state index >= 15 is 0 Å². The van der Waals surface area contributed by atoms with E-state index in [2.05, 4.69) is 15.5 Å². The third kappa shape index (κ3) is 3.51. The van der Waals surface area contributed by atoms with Gasteiger partial charge in [0.1, 0.15) is 0 Å². The standard InChI is InChI=1S/C15H13N3O4/c19-15(17-7-5-11-3-1-6-16-10-11)21-14-9-13(22-18-14)12-4-2-8-20-12/h1-4,6,8-10H,5,7H2,(H,17,19). The SMILES string of the molecule is O=C(NCCc1cccnc1)Oc1cc(-c2ccco2)on1. The van der Waals surface area contributed by atoms with Crippen molar-refractivity contribution in [2.45, 2.75) is 6.42 Å². The van der Waals surface area contributed by atoms with E-state index in [9.17, 15) is 4.79 Å². The minimum Gasteiger partial charge on any atom is -0.461 e. The summed E-state index contributed by atoms with van der Waals surface area (Å²) in [6.45, 7) is 0.438. The molecule has 0 atom stereocenters. The van der Waals surface area contributed by atoms with E-state index in [1.807, 2.05) is 12.1 Å². The van der Waals surface area contributed by atoms with E-state index in [4.69, 9.17) is 13.7 Å². The van der Waals surface area contributed by atoms with Crippen LogP contribution in [-0.4, -0.2) is 22.8 Å². The molecule has 0 bridgehead atoms. The summed E-state index contributed by atoms with van der Waals surface area (Å²) < 4.78 is 15.2.